The van der Waals surface area contributed by atoms with E-state index in [4.69, 9.17) is 0 Å². The highest BCUT2D eigenvalue weighted by Gasteiger charge is 2.08. The molecule has 0 aliphatic carbocycles. The number of nitrogens with zero attached hydrogens (tertiary/aromatic N) is 3. The molecule has 2 aromatic carbocycles. The molecule has 3 rings (SSSR count). The van der Waals surface area contributed by atoms with E-state index in [1.807, 2.05) is 42.0 Å². The number of imidazole rings is 1. The lowest BCUT2D eigenvalue weighted by Crippen LogP contribution is -2.05. The number of rotatable bonds is 5. The molecule has 0 bridgehead atoms. The van der Waals surface area contributed by atoms with Gasteiger partial charge < -0.3 is 9.67 Å². The minimum atomic E-state index is -0.990. The fraction of sp³-hybridized carbons (Fsp3) is 0.0556. The molecule has 1 aromatic heterocycles. The van der Waals surface area contributed by atoms with Crippen molar-refractivity contribution in [2.45, 2.75) is 6.92 Å². The van der Waals surface area contributed by atoms with Crippen molar-refractivity contribution in [3.63, 3.8) is 0 Å². The summed E-state index contributed by atoms with van der Waals surface area (Å²) in [5.41, 5.74) is 6.18. The second-order valence-electron chi connectivity index (χ2n) is 5.18. The molecular formula is C18H16N4O2. The number of carboxylic acids is 1. The van der Waals surface area contributed by atoms with E-state index in [0.717, 1.165) is 17.0 Å². The number of benzene rings is 2. The Bertz CT molecular complexity index is 868. The third-order valence-corrected chi connectivity index (χ3v) is 3.59. The van der Waals surface area contributed by atoms with Crippen LogP contribution in [0.15, 0.2) is 72.4 Å². The fourth-order valence-corrected chi connectivity index (χ4v) is 2.26. The molecule has 24 heavy (non-hydrogen) atoms. The molecule has 2 N–H and O–H groups in total. The molecule has 0 saturated heterocycles. The molecule has 0 unspecified atom stereocenters. The van der Waals surface area contributed by atoms with E-state index < -0.39 is 5.97 Å². The molecule has 3 aromatic rings. The Kier molecular flexibility index (Phi) is 4.38. The standard InChI is InChI=1S/C18H16N4O2/c1-13(20-21-17-5-3-2-4-16(17)18(23)24)14-6-8-15(9-7-14)22-11-10-19-12-22/h2-12,21H,1H3,(H,23,24)/b20-13+. The highest BCUT2D eigenvalue weighted by Crippen LogP contribution is 2.15. The summed E-state index contributed by atoms with van der Waals surface area (Å²) in [6, 6.07) is 14.5. The number of anilines is 1. The topological polar surface area (TPSA) is 79.5 Å². The van der Waals surface area contributed by atoms with Crippen LogP contribution in [0.2, 0.25) is 0 Å². The van der Waals surface area contributed by atoms with Gasteiger partial charge in [-0.1, -0.05) is 24.3 Å². The lowest BCUT2D eigenvalue weighted by Gasteiger charge is -2.07. The molecule has 0 aliphatic rings. The molecule has 0 amide bonds. The van der Waals surface area contributed by atoms with E-state index in [0.29, 0.717) is 5.69 Å². The van der Waals surface area contributed by atoms with E-state index in [9.17, 15) is 9.90 Å². The van der Waals surface area contributed by atoms with Crippen LogP contribution in [-0.4, -0.2) is 26.3 Å². The third-order valence-electron chi connectivity index (χ3n) is 3.59. The normalized spacial score (nSPS) is 11.3. The van der Waals surface area contributed by atoms with Crippen LogP contribution in [0.1, 0.15) is 22.8 Å². The molecule has 6 nitrogen and oxygen atoms in total. The van der Waals surface area contributed by atoms with Crippen molar-refractivity contribution in [2.24, 2.45) is 5.10 Å². The van der Waals surface area contributed by atoms with Crippen molar-refractivity contribution in [2.75, 3.05) is 5.43 Å². The van der Waals surface area contributed by atoms with Crippen molar-refractivity contribution in [3.05, 3.63) is 78.4 Å². The summed E-state index contributed by atoms with van der Waals surface area (Å²) in [5.74, 6) is -0.990. The van der Waals surface area contributed by atoms with E-state index in [2.05, 4.69) is 15.5 Å². The number of hydrogen-bond donors (Lipinski definition) is 2. The van der Waals surface area contributed by atoms with E-state index in [-0.39, 0.29) is 5.56 Å². The average Bonchev–Trinajstić information content (AvgIpc) is 3.14. The molecule has 1 heterocycles. The van der Waals surface area contributed by atoms with Gasteiger partial charge in [-0.15, -0.1) is 0 Å². The number of carbonyl (C=O) groups is 1. The second kappa shape index (κ2) is 6.78. The van der Waals surface area contributed by atoms with Gasteiger partial charge in [0.25, 0.3) is 0 Å². The highest BCUT2D eigenvalue weighted by atomic mass is 16.4. The molecule has 0 fully saturated rings. The largest absolute Gasteiger partial charge is 0.478 e. The molecular weight excluding hydrogens is 304 g/mol. The van der Waals surface area contributed by atoms with Crippen LogP contribution >= 0.6 is 0 Å². The van der Waals surface area contributed by atoms with Crippen molar-refractivity contribution >= 4 is 17.4 Å². The lowest BCUT2D eigenvalue weighted by atomic mass is 10.1. The van der Waals surface area contributed by atoms with E-state index >= 15 is 0 Å². The van der Waals surface area contributed by atoms with Crippen LogP contribution in [0, 0.1) is 0 Å². The predicted octanol–water partition coefficient (Wildman–Crippen LogP) is 3.41. The molecule has 0 atom stereocenters. The van der Waals surface area contributed by atoms with Crippen molar-refractivity contribution < 1.29 is 9.90 Å². The lowest BCUT2D eigenvalue weighted by molar-refractivity contribution is 0.0698. The summed E-state index contributed by atoms with van der Waals surface area (Å²) in [4.78, 5) is 15.2. The van der Waals surface area contributed by atoms with Crippen molar-refractivity contribution in [3.8, 4) is 5.69 Å². The summed E-state index contributed by atoms with van der Waals surface area (Å²) in [6.07, 6.45) is 5.34. The Morgan fingerprint density at radius 3 is 2.58 bits per heavy atom. The summed E-state index contributed by atoms with van der Waals surface area (Å²) in [7, 11) is 0. The summed E-state index contributed by atoms with van der Waals surface area (Å²) >= 11 is 0. The number of nitrogens with one attached hydrogen (secondary N) is 1. The van der Waals surface area contributed by atoms with Crippen LogP contribution in [0.4, 0.5) is 5.69 Å². The summed E-state index contributed by atoms with van der Waals surface area (Å²) < 4.78 is 1.91. The smallest absolute Gasteiger partial charge is 0.337 e. The first-order valence-corrected chi connectivity index (χ1v) is 7.36. The Morgan fingerprint density at radius 2 is 1.92 bits per heavy atom. The predicted molar refractivity (Wildman–Crippen MR) is 92.8 cm³/mol. The minimum absolute atomic E-state index is 0.185. The zero-order valence-corrected chi connectivity index (χ0v) is 13.0. The van der Waals surface area contributed by atoms with Crippen LogP contribution in [0.25, 0.3) is 5.69 Å². The van der Waals surface area contributed by atoms with Crippen molar-refractivity contribution in [1.29, 1.82) is 0 Å². The summed E-state index contributed by atoms with van der Waals surface area (Å²) in [5, 5.41) is 13.5. The van der Waals surface area contributed by atoms with Crippen LogP contribution in [0.5, 0.6) is 0 Å². The van der Waals surface area contributed by atoms with Gasteiger partial charge in [0.05, 0.1) is 23.3 Å². The van der Waals surface area contributed by atoms with Gasteiger partial charge in [0.15, 0.2) is 0 Å². The van der Waals surface area contributed by atoms with Gasteiger partial charge in [0, 0.05) is 18.1 Å². The fourth-order valence-electron chi connectivity index (χ4n) is 2.26. The Balaban J connectivity index is 1.78. The maximum atomic E-state index is 11.2. The number of carboxylic acid groups (broad SMARTS) is 1. The zero-order valence-electron chi connectivity index (χ0n) is 13.0. The number of hydrazone groups is 1. The van der Waals surface area contributed by atoms with E-state index in [1.165, 1.54) is 6.07 Å². The maximum absolute atomic E-state index is 11.2. The number of aromatic carboxylic acids is 1. The van der Waals surface area contributed by atoms with Gasteiger partial charge in [-0.05, 0) is 36.8 Å². The molecule has 0 radical (unpaired) electrons. The SMILES string of the molecule is C/C(=N\Nc1ccccc1C(=O)O)c1ccc(-n2ccnc2)cc1. The number of aromatic nitrogens is 2. The monoisotopic (exact) mass is 320 g/mol. The van der Waals surface area contributed by atoms with Gasteiger partial charge in [-0.25, -0.2) is 9.78 Å². The molecule has 0 saturated carbocycles. The van der Waals surface area contributed by atoms with Crippen molar-refractivity contribution in [1.82, 2.24) is 9.55 Å². The van der Waals surface area contributed by atoms with Gasteiger partial charge in [-0.2, -0.15) is 5.10 Å². The molecule has 0 spiro atoms. The van der Waals surface area contributed by atoms with E-state index in [1.54, 1.807) is 30.7 Å². The Hall–Kier alpha value is -3.41. The first-order chi connectivity index (χ1) is 11.6. The van der Waals surface area contributed by atoms with Crippen LogP contribution in [0.3, 0.4) is 0 Å². The Morgan fingerprint density at radius 1 is 1.17 bits per heavy atom. The molecule has 120 valence electrons. The van der Waals surface area contributed by atoms with Gasteiger partial charge in [0.2, 0.25) is 0 Å². The minimum Gasteiger partial charge on any atom is -0.478 e. The highest BCUT2D eigenvalue weighted by molar-refractivity contribution is 6.00. The molecule has 6 heteroatoms. The molecule has 0 aliphatic heterocycles. The third kappa shape index (κ3) is 3.33. The number of para-hydroxylation sites is 1. The quantitative estimate of drug-likeness (QED) is 0.558. The Labute approximate surface area is 139 Å². The van der Waals surface area contributed by atoms with Gasteiger partial charge >= 0.3 is 5.97 Å². The maximum Gasteiger partial charge on any atom is 0.337 e. The first kappa shape index (κ1) is 15.5. The van der Waals surface area contributed by atoms with Gasteiger partial charge in [-0.3, -0.25) is 5.43 Å². The first-order valence-electron chi connectivity index (χ1n) is 7.36. The van der Waals surface area contributed by atoms with Crippen LogP contribution in [-0.2, 0) is 0 Å². The second-order valence-corrected chi connectivity index (χ2v) is 5.18. The average molecular weight is 320 g/mol. The number of hydrogen-bond acceptors (Lipinski definition) is 4. The van der Waals surface area contributed by atoms with Gasteiger partial charge in [0.1, 0.15) is 0 Å². The summed E-state index contributed by atoms with van der Waals surface area (Å²) in [6.45, 7) is 1.86. The zero-order chi connectivity index (χ0) is 16.9. The van der Waals surface area contributed by atoms with Crippen LogP contribution < -0.4 is 5.43 Å².